The Balaban J connectivity index is 1.75. The fourth-order valence-corrected chi connectivity index (χ4v) is 3.18. The fourth-order valence-electron chi connectivity index (χ4n) is 3.18. The maximum absolute atomic E-state index is 11.1. The van der Waals surface area contributed by atoms with Gasteiger partial charge in [0.05, 0.1) is 18.1 Å². The Morgan fingerprint density at radius 3 is 2.66 bits per heavy atom. The predicted octanol–water partition coefficient (Wildman–Crippen LogP) is 2.87. The highest BCUT2D eigenvalue weighted by Gasteiger charge is 2.23. The number of benzene rings is 1. The zero-order chi connectivity index (χ0) is 20.5. The molecule has 0 bridgehead atoms. The average Bonchev–Trinajstić information content (AvgIpc) is 3.20. The Hall–Kier alpha value is -3.66. The number of aryl methyl sites for hydroxylation is 1. The monoisotopic (exact) mass is 398 g/mol. The minimum absolute atomic E-state index is 0.215. The quantitative estimate of drug-likeness (QED) is 0.386. The Bertz CT molecular complexity index is 1070. The van der Waals surface area contributed by atoms with Crippen molar-refractivity contribution in [1.29, 1.82) is 0 Å². The van der Waals surface area contributed by atoms with Crippen molar-refractivity contribution in [3.8, 4) is 34.1 Å². The summed E-state index contributed by atoms with van der Waals surface area (Å²) in [4.78, 5) is 17.1. The number of aromatic hydroxyl groups is 2. The molecule has 1 fully saturated rings. The van der Waals surface area contributed by atoms with Crippen LogP contribution < -0.4 is 4.90 Å². The van der Waals surface area contributed by atoms with Crippen LogP contribution in [0.4, 0.5) is 11.5 Å². The number of rotatable bonds is 4. The normalized spacial score (nSPS) is 14.2. The van der Waals surface area contributed by atoms with Crippen LogP contribution in [0.25, 0.3) is 22.6 Å². The number of aromatic nitrogens is 2. The Labute approximate surface area is 165 Å². The SMILES string of the molecule is Cc1ccc(-c2cc(-c3cc(O)c(O)c([N+](=O)[O-])c3)on2)c(N2CCOCC2)n1. The summed E-state index contributed by atoms with van der Waals surface area (Å²) in [6.07, 6.45) is 0. The number of phenols is 2. The molecule has 0 radical (unpaired) electrons. The van der Waals surface area contributed by atoms with E-state index in [0.29, 0.717) is 32.0 Å². The number of ether oxygens (including phenoxy) is 1. The van der Waals surface area contributed by atoms with E-state index in [1.807, 2.05) is 19.1 Å². The van der Waals surface area contributed by atoms with Crippen molar-refractivity contribution in [2.45, 2.75) is 6.92 Å². The largest absolute Gasteiger partial charge is 0.504 e. The summed E-state index contributed by atoms with van der Waals surface area (Å²) in [6.45, 7) is 4.52. The number of anilines is 1. The Morgan fingerprint density at radius 1 is 1.17 bits per heavy atom. The summed E-state index contributed by atoms with van der Waals surface area (Å²) in [5.74, 6) is -0.437. The third-order valence-electron chi connectivity index (χ3n) is 4.66. The summed E-state index contributed by atoms with van der Waals surface area (Å²) >= 11 is 0. The van der Waals surface area contributed by atoms with E-state index in [4.69, 9.17) is 9.26 Å². The van der Waals surface area contributed by atoms with Gasteiger partial charge in [-0.05, 0) is 25.1 Å². The smallest absolute Gasteiger partial charge is 0.315 e. The molecule has 3 heterocycles. The molecule has 0 atom stereocenters. The van der Waals surface area contributed by atoms with Crippen molar-refractivity contribution in [3.05, 3.63) is 46.1 Å². The number of phenolic OH excluding ortho intramolecular Hbond substituents is 2. The predicted molar refractivity (Wildman–Crippen MR) is 103 cm³/mol. The third kappa shape index (κ3) is 3.57. The van der Waals surface area contributed by atoms with Gasteiger partial charge in [0.2, 0.25) is 5.75 Å². The van der Waals surface area contributed by atoms with E-state index in [0.717, 1.165) is 23.1 Å². The molecule has 10 heteroatoms. The molecule has 1 aromatic carbocycles. The number of pyridine rings is 1. The van der Waals surface area contributed by atoms with Crippen molar-refractivity contribution < 1.29 is 24.4 Å². The lowest BCUT2D eigenvalue weighted by Crippen LogP contribution is -2.37. The van der Waals surface area contributed by atoms with Crippen LogP contribution in [0.2, 0.25) is 0 Å². The van der Waals surface area contributed by atoms with Gasteiger partial charge in [0.1, 0.15) is 11.5 Å². The van der Waals surface area contributed by atoms with Gasteiger partial charge in [0.15, 0.2) is 11.5 Å². The van der Waals surface area contributed by atoms with E-state index in [-0.39, 0.29) is 11.3 Å². The second kappa shape index (κ2) is 7.40. The molecule has 1 saturated heterocycles. The van der Waals surface area contributed by atoms with Crippen molar-refractivity contribution in [1.82, 2.24) is 10.1 Å². The topological polar surface area (TPSA) is 135 Å². The first-order valence-electron chi connectivity index (χ1n) is 8.92. The van der Waals surface area contributed by atoms with Gasteiger partial charge < -0.3 is 24.4 Å². The van der Waals surface area contributed by atoms with Crippen molar-refractivity contribution in [2.75, 3.05) is 31.2 Å². The summed E-state index contributed by atoms with van der Waals surface area (Å²) in [5, 5.41) is 34.7. The van der Waals surface area contributed by atoms with E-state index >= 15 is 0 Å². The lowest BCUT2D eigenvalue weighted by molar-refractivity contribution is -0.385. The zero-order valence-corrected chi connectivity index (χ0v) is 15.5. The summed E-state index contributed by atoms with van der Waals surface area (Å²) < 4.78 is 10.8. The van der Waals surface area contributed by atoms with Gasteiger partial charge in [-0.2, -0.15) is 0 Å². The molecule has 2 N–H and O–H groups in total. The van der Waals surface area contributed by atoms with E-state index in [1.54, 1.807) is 6.07 Å². The van der Waals surface area contributed by atoms with Crippen LogP contribution in [-0.4, -0.2) is 51.6 Å². The second-order valence-corrected chi connectivity index (χ2v) is 6.62. The minimum atomic E-state index is -0.796. The molecule has 150 valence electrons. The minimum Gasteiger partial charge on any atom is -0.504 e. The molecule has 10 nitrogen and oxygen atoms in total. The Kier molecular flexibility index (Phi) is 4.77. The van der Waals surface area contributed by atoms with Crippen LogP contribution >= 0.6 is 0 Å². The van der Waals surface area contributed by atoms with Crippen LogP contribution in [0.3, 0.4) is 0 Å². The van der Waals surface area contributed by atoms with Gasteiger partial charge >= 0.3 is 5.69 Å². The highest BCUT2D eigenvalue weighted by Crippen LogP contribution is 2.40. The molecule has 0 aliphatic carbocycles. The van der Waals surface area contributed by atoms with Crippen LogP contribution in [0, 0.1) is 17.0 Å². The van der Waals surface area contributed by atoms with Crippen molar-refractivity contribution in [3.63, 3.8) is 0 Å². The number of nitro benzene ring substituents is 1. The van der Waals surface area contributed by atoms with Gasteiger partial charge in [-0.15, -0.1) is 0 Å². The summed E-state index contributed by atoms with van der Waals surface area (Å²) in [6, 6.07) is 7.68. The van der Waals surface area contributed by atoms with Crippen molar-refractivity contribution in [2.24, 2.45) is 0 Å². The number of hydrogen-bond acceptors (Lipinski definition) is 9. The van der Waals surface area contributed by atoms with Crippen molar-refractivity contribution >= 4 is 11.5 Å². The van der Waals surface area contributed by atoms with Crippen LogP contribution in [0.5, 0.6) is 11.5 Å². The first-order valence-corrected chi connectivity index (χ1v) is 8.92. The Morgan fingerprint density at radius 2 is 1.93 bits per heavy atom. The molecule has 1 aliphatic heterocycles. The van der Waals surface area contributed by atoms with E-state index in [2.05, 4.69) is 15.0 Å². The lowest BCUT2D eigenvalue weighted by atomic mass is 10.1. The molecule has 0 unspecified atom stereocenters. The molecule has 29 heavy (non-hydrogen) atoms. The highest BCUT2D eigenvalue weighted by atomic mass is 16.6. The first-order chi connectivity index (χ1) is 13.9. The number of nitro groups is 1. The van der Waals surface area contributed by atoms with Crippen LogP contribution in [0.1, 0.15) is 5.69 Å². The summed E-state index contributed by atoms with van der Waals surface area (Å²) in [7, 11) is 0. The number of nitrogens with zero attached hydrogens (tertiary/aromatic N) is 4. The number of hydrogen-bond donors (Lipinski definition) is 2. The molecular weight excluding hydrogens is 380 g/mol. The van der Waals surface area contributed by atoms with Gasteiger partial charge in [-0.3, -0.25) is 10.1 Å². The van der Waals surface area contributed by atoms with Gasteiger partial charge in [0, 0.05) is 42.0 Å². The zero-order valence-electron chi connectivity index (χ0n) is 15.5. The van der Waals surface area contributed by atoms with E-state index in [1.165, 1.54) is 6.07 Å². The highest BCUT2D eigenvalue weighted by molar-refractivity contribution is 5.77. The molecule has 2 aromatic heterocycles. The van der Waals surface area contributed by atoms with Gasteiger partial charge in [-0.1, -0.05) is 5.16 Å². The maximum atomic E-state index is 11.1. The fraction of sp³-hybridized carbons (Fsp3) is 0.263. The molecule has 0 saturated carbocycles. The molecule has 0 amide bonds. The van der Waals surface area contributed by atoms with Crippen LogP contribution in [0.15, 0.2) is 34.9 Å². The molecule has 4 rings (SSSR count). The molecule has 0 spiro atoms. The summed E-state index contributed by atoms with van der Waals surface area (Å²) in [5.41, 5.74) is 1.72. The standard InChI is InChI=1S/C19H18N4O6/c1-11-2-3-13(19(20-11)22-4-6-28-7-5-22)14-10-17(29-21-14)12-8-15(23(26)27)18(25)16(24)9-12/h2-3,8-10,24-25H,4-7H2,1H3. The molecule has 3 aromatic rings. The van der Waals surface area contributed by atoms with E-state index in [9.17, 15) is 20.3 Å². The van der Waals surface area contributed by atoms with E-state index < -0.39 is 22.1 Å². The first kappa shape index (κ1) is 18.7. The third-order valence-corrected chi connectivity index (χ3v) is 4.66. The van der Waals surface area contributed by atoms with Gasteiger partial charge in [-0.25, -0.2) is 4.98 Å². The van der Waals surface area contributed by atoms with Gasteiger partial charge in [0.25, 0.3) is 0 Å². The molecular formula is C19H18N4O6. The van der Waals surface area contributed by atoms with Crippen LogP contribution in [-0.2, 0) is 4.74 Å². The average molecular weight is 398 g/mol. The molecule has 1 aliphatic rings. The number of morpholine rings is 1. The lowest BCUT2D eigenvalue weighted by Gasteiger charge is -2.29. The maximum Gasteiger partial charge on any atom is 0.315 e. The second-order valence-electron chi connectivity index (χ2n) is 6.62.